The Morgan fingerprint density at radius 1 is 1.33 bits per heavy atom. The first-order valence-corrected chi connectivity index (χ1v) is 10.3. The summed E-state index contributed by atoms with van der Waals surface area (Å²) >= 11 is 3.14. The van der Waals surface area contributed by atoms with Gasteiger partial charge in [-0.3, -0.25) is 9.52 Å². The topological polar surface area (TPSA) is 41.1 Å². The van der Waals surface area contributed by atoms with Gasteiger partial charge in [-0.2, -0.15) is 0 Å². The van der Waals surface area contributed by atoms with E-state index in [2.05, 4.69) is 10.0 Å². The van der Waals surface area contributed by atoms with E-state index < -0.39 is 17.8 Å². The molecular weight excluding hydrogens is 350 g/mol. The number of alkyl halides is 2. The highest BCUT2D eigenvalue weighted by Crippen LogP contribution is 2.49. The van der Waals surface area contributed by atoms with Gasteiger partial charge in [-0.1, -0.05) is 0 Å². The first-order valence-electron chi connectivity index (χ1n) is 8.65. The predicted molar refractivity (Wildman–Crippen MR) is 94.1 cm³/mol. The molecule has 1 aromatic heterocycles. The maximum Gasteiger partial charge on any atom is 0.231 e. The molecule has 132 valence electrons. The SMILES string of the molecule is CC1(F)C[C@H]1C(=O)Nc1sc2c(c1SNC1CC(F)C1)CCCC2. The molecule has 0 saturated heterocycles. The van der Waals surface area contributed by atoms with Crippen molar-refractivity contribution in [1.82, 2.24) is 4.72 Å². The number of thiophene rings is 1. The van der Waals surface area contributed by atoms with Crippen LogP contribution in [0.3, 0.4) is 0 Å². The zero-order valence-electron chi connectivity index (χ0n) is 13.7. The molecule has 1 heterocycles. The molecule has 1 amide bonds. The van der Waals surface area contributed by atoms with Crippen LogP contribution >= 0.6 is 23.3 Å². The van der Waals surface area contributed by atoms with Crippen molar-refractivity contribution in [2.75, 3.05) is 5.32 Å². The van der Waals surface area contributed by atoms with Crippen LogP contribution < -0.4 is 10.0 Å². The summed E-state index contributed by atoms with van der Waals surface area (Å²) in [6.45, 7) is 1.48. The van der Waals surface area contributed by atoms with Gasteiger partial charge >= 0.3 is 0 Å². The number of fused-ring (bicyclic) bond motifs is 1. The number of aryl methyl sites for hydroxylation is 1. The highest BCUT2D eigenvalue weighted by Gasteiger charge is 2.56. The first-order chi connectivity index (χ1) is 11.4. The number of carbonyl (C=O) groups is 1. The molecule has 2 atom stereocenters. The minimum atomic E-state index is -1.35. The van der Waals surface area contributed by atoms with Crippen LogP contribution in [0.15, 0.2) is 4.90 Å². The quantitative estimate of drug-likeness (QED) is 0.752. The second kappa shape index (κ2) is 6.25. The lowest BCUT2D eigenvalue weighted by Gasteiger charge is -2.30. The van der Waals surface area contributed by atoms with Gasteiger partial charge in [-0.25, -0.2) is 8.78 Å². The van der Waals surface area contributed by atoms with Crippen molar-refractivity contribution in [3.8, 4) is 0 Å². The Labute approximate surface area is 149 Å². The Morgan fingerprint density at radius 3 is 2.71 bits per heavy atom. The molecule has 3 aliphatic carbocycles. The predicted octanol–water partition coefficient (Wildman–Crippen LogP) is 4.41. The van der Waals surface area contributed by atoms with Gasteiger partial charge in [0, 0.05) is 10.9 Å². The molecule has 2 fully saturated rings. The lowest BCUT2D eigenvalue weighted by Crippen LogP contribution is -2.38. The van der Waals surface area contributed by atoms with Gasteiger partial charge in [0.2, 0.25) is 5.91 Å². The van der Waals surface area contributed by atoms with Crippen LogP contribution in [0.2, 0.25) is 0 Å². The van der Waals surface area contributed by atoms with Crippen LogP contribution in [0.25, 0.3) is 0 Å². The van der Waals surface area contributed by atoms with Gasteiger partial charge in [-0.05, 0) is 69.4 Å². The summed E-state index contributed by atoms with van der Waals surface area (Å²) in [5.41, 5.74) is -0.0387. The third kappa shape index (κ3) is 3.22. The number of hydrogen-bond donors (Lipinski definition) is 2. The Kier molecular flexibility index (Phi) is 4.37. The van der Waals surface area contributed by atoms with Crippen molar-refractivity contribution >= 4 is 34.2 Å². The lowest BCUT2D eigenvalue weighted by molar-refractivity contribution is -0.118. The maximum absolute atomic E-state index is 13.8. The van der Waals surface area contributed by atoms with E-state index in [0.717, 1.165) is 29.2 Å². The minimum absolute atomic E-state index is 0.199. The fourth-order valence-corrected chi connectivity index (χ4v) is 5.89. The molecule has 0 bridgehead atoms. The largest absolute Gasteiger partial charge is 0.316 e. The van der Waals surface area contributed by atoms with Crippen molar-refractivity contribution in [2.24, 2.45) is 5.92 Å². The molecule has 0 radical (unpaired) electrons. The van der Waals surface area contributed by atoms with Crippen molar-refractivity contribution in [3.63, 3.8) is 0 Å². The smallest absolute Gasteiger partial charge is 0.231 e. The second-order valence-corrected chi connectivity index (χ2v) is 9.33. The van der Waals surface area contributed by atoms with Gasteiger partial charge in [0.15, 0.2) is 0 Å². The molecule has 2 N–H and O–H groups in total. The van der Waals surface area contributed by atoms with E-state index in [-0.39, 0.29) is 11.9 Å². The van der Waals surface area contributed by atoms with Crippen LogP contribution in [-0.2, 0) is 17.6 Å². The number of amides is 1. The summed E-state index contributed by atoms with van der Waals surface area (Å²) in [5.74, 6) is -0.741. The summed E-state index contributed by atoms with van der Waals surface area (Å²) in [5, 5.41) is 3.79. The third-order valence-corrected chi connectivity index (χ3v) is 7.70. The number of halogens is 2. The van der Waals surface area contributed by atoms with Gasteiger partial charge in [-0.15, -0.1) is 11.3 Å². The average molecular weight is 373 g/mol. The Hall–Kier alpha value is -0.660. The monoisotopic (exact) mass is 372 g/mol. The van der Waals surface area contributed by atoms with Gasteiger partial charge in [0.25, 0.3) is 0 Å². The molecule has 1 aromatic rings. The summed E-state index contributed by atoms with van der Waals surface area (Å²) < 4.78 is 30.1. The Bertz CT molecular complexity index is 655. The third-order valence-electron chi connectivity index (χ3n) is 5.25. The van der Waals surface area contributed by atoms with E-state index in [1.807, 2.05) is 0 Å². The molecular formula is C17H22F2N2OS2. The highest BCUT2D eigenvalue weighted by atomic mass is 32.2. The molecule has 4 rings (SSSR count). The van der Waals surface area contributed by atoms with E-state index in [0.29, 0.717) is 19.3 Å². The van der Waals surface area contributed by atoms with E-state index in [9.17, 15) is 13.6 Å². The van der Waals surface area contributed by atoms with E-state index in [1.54, 1.807) is 11.3 Å². The van der Waals surface area contributed by atoms with E-state index >= 15 is 0 Å². The summed E-state index contributed by atoms with van der Waals surface area (Å²) in [7, 11) is 0. The number of nitrogens with one attached hydrogen (secondary N) is 2. The fourth-order valence-electron chi connectivity index (χ4n) is 3.42. The zero-order valence-corrected chi connectivity index (χ0v) is 15.3. The number of carbonyl (C=O) groups excluding carboxylic acids is 1. The molecule has 24 heavy (non-hydrogen) atoms. The van der Waals surface area contributed by atoms with E-state index in [1.165, 1.54) is 35.7 Å². The van der Waals surface area contributed by atoms with Crippen molar-refractivity contribution in [3.05, 3.63) is 10.4 Å². The summed E-state index contributed by atoms with van der Waals surface area (Å²) in [4.78, 5) is 14.7. The molecule has 2 saturated carbocycles. The normalized spacial score (nSPS) is 34.4. The van der Waals surface area contributed by atoms with E-state index in [4.69, 9.17) is 0 Å². The number of hydrogen-bond acceptors (Lipinski definition) is 4. The average Bonchev–Trinajstić information content (AvgIpc) is 3.01. The molecule has 0 aliphatic heterocycles. The molecule has 3 aliphatic rings. The molecule has 7 heteroatoms. The van der Waals surface area contributed by atoms with Crippen molar-refractivity contribution in [1.29, 1.82) is 0 Å². The summed E-state index contributed by atoms with van der Waals surface area (Å²) in [6, 6.07) is 0.199. The summed E-state index contributed by atoms with van der Waals surface area (Å²) in [6.07, 6.45) is 5.14. The number of anilines is 1. The molecule has 3 nitrogen and oxygen atoms in total. The van der Waals surface area contributed by atoms with Crippen LogP contribution in [-0.4, -0.2) is 23.8 Å². The lowest BCUT2D eigenvalue weighted by atomic mass is 9.92. The highest BCUT2D eigenvalue weighted by molar-refractivity contribution is 7.97. The van der Waals surface area contributed by atoms with Crippen LogP contribution in [0, 0.1) is 5.92 Å². The Balaban J connectivity index is 1.49. The van der Waals surface area contributed by atoms with Gasteiger partial charge in [0.05, 0.1) is 10.8 Å². The van der Waals surface area contributed by atoms with Crippen LogP contribution in [0.5, 0.6) is 0 Å². The standard InChI is InChI=1S/C17H22F2N2OS2/c1-17(19)8-12(17)15(22)20-16-14(24-21-10-6-9(18)7-10)11-4-2-3-5-13(11)23-16/h9-10,12,21H,2-8H2,1H3,(H,20,22)/t9?,10?,12-,17?/m0/s1. The molecule has 0 spiro atoms. The first kappa shape index (κ1) is 16.8. The van der Waals surface area contributed by atoms with Crippen molar-refractivity contribution in [2.45, 2.75) is 74.6 Å². The van der Waals surface area contributed by atoms with Gasteiger partial charge in [0.1, 0.15) is 16.8 Å². The minimum Gasteiger partial charge on any atom is -0.316 e. The molecule has 0 aromatic carbocycles. The second-order valence-electron chi connectivity index (χ2n) is 7.38. The molecule has 1 unspecified atom stereocenters. The zero-order chi connectivity index (χ0) is 16.9. The van der Waals surface area contributed by atoms with Gasteiger partial charge < -0.3 is 5.32 Å². The Morgan fingerprint density at radius 2 is 2.04 bits per heavy atom. The maximum atomic E-state index is 13.8. The van der Waals surface area contributed by atoms with Crippen molar-refractivity contribution < 1.29 is 13.6 Å². The van der Waals surface area contributed by atoms with Crippen LogP contribution in [0.4, 0.5) is 13.8 Å². The van der Waals surface area contributed by atoms with Crippen LogP contribution in [0.1, 0.15) is 49.5 Å². The fraction of sp³-hybridized carbons (Fsp3) is 0.706. The number of rotatable bonds is 5.